The standard InChI is InChI=1S/C20H27F3O4/c1-4-7-8-9-10-26-18(24)20(5-2,6-3)19(25)27-13-14-11-16(22)17(23)12-15(14)21/h11-12H,4-10,13H2,1-3H3. The average molecular weight is 388 g/mol. The number of halogens is 3. The predicted octanol–water partition coefficient (Wildman–Crippen LogP) is 5.08. The number of carbonyl (C=O) groups excluding carboxylic acids is 2. The van der Waals surface area contributed by atoms with Crippen LogP contribution in [-0.4, -0.2) is 18.5 Å². The zero-order chi connectivity index (χ0) is 20.4. The molecule has 7 heteroatoms. The fourth-order valence-corrected chi connectivity index (χ4v) is 2.70. The summed E-state index contributed by atoms with van der Waals surface area (Å²) in [4.78, 5) is 25.0. The smallest absolute Gasteiger partial charge is 0.323 e. The van der Waals surface area contributed by atoms with Gasteiger partial charge in [-0.25, -0.2) is 13.2 Å². The highest BCUT2D eigenvalue weighted by Crippen LogP contribution is 2.31. The summed E-state index contributed by atoms with van der Waals surface area (Å²) >= 11 is 0. The minimum Gasteiger partial charge on any atom is -0.465 e. The molecule has 0 aliphatic carbocycles. The molecule has 0 saturated carbocycles. The lowest BCUT2D eigenvalue weighted by atomic mass is 9.82. The maximum absolute atomic E-state index is 13.7. The Bertz CT molecular complexity index is 642. The minimum atomic E-state index is -1.50. The third-order valence-corrected chi connectivity index (χ3v) is 4.67. The van der Waals surface area contributed by atoms with Crippen molar-refractivity contribution in [2.24, 2.45) is 5.41 Å². The Morgan fingerprint density at radius 3 is 2.04 bits per heavy atom. The number of carbonyl (C=O) groups is 2. The van der Waals surface area contributed by atoms with Crippen LogP contribution < -0.4 is 0 Å². The van der Waals surface area contributed by atoms with Crippen LogP contribution in [0.1, 0.15) is 64.9 Å². The van der Waals surface area contributed by atoms with E-state index in [9.17, 15) is 22.8 Å². The number of benzene rings is 1. The molecule has 0 aliphatic heterocycles. The summed E-state index contributed by atoms with van der Waals surface area (Å²) in [5.41, 5.74) is -1.81. The normalized spacial score (nSPS) is 11.3. The van der Waals surface area contributed by atoms with Crippen molar-refractivity contribution in [3.8, 4) is 0 Å². The summed E-state index contributed by atoms with van der Waals surface area (Å²) in [5.74, 6) is -5.15. The molecule has 1 aromatic rings. The van der Waals surface area contributed by atoms with Gasteiger partial charge in [-0.3, -0.25) is 9.59 Å². The molecule has 0 aliphatic rings. The lowest BCUT2D eigenvalue weighted by Gasteiger charge is -2.27. The van der Waals surface area contributed by atoms with E-state index in [-0.39, 0.29) is 25.0 Å². The summed E-state index contributed by atoms with van der Waals surface area (Å²) in [6, 6.07) is 1.01. The number of ether oxygens (including phenoxy) is 2. The fraction of sp³-hybridized carbons (Fsp3) is 0.600. The van der Waals surface area contributed by atoms with Gasteiger partial charge in [0.2, 0.25) is 0 Å². The lowest BCUT2D eigenvalue weighted by Crippen LogP contribution is -2.41. The van der Waals surface area contributed by atoms with Gasteiger partial charge in [-0.05, 0) is 25.3 Å². The van der Waals surface area contributed by atoms with E-state index in [1.54, 1.807) is 13.8 Å². The van der Waals surface area contributed by atoms with E-state index < -0.39 is 41.4 Å². The van der Waals surface area contributed by atoms with E-state index in [2.05, 4.69) is 6.92 Å². The number of hydrogen-bond donors (Lipinski definition) is 0. The molecule has 1 rings (SSSR count). The number of hydrogen-bond acceptors (Lipinski definition) is 4. The first kappa shape index (κ1) is 23.0. The Kier molecular flexibility index (Phi) is 9.32. The summed E-state index contributed by atoms with van der Waals surface area (Å²) in [6.45, 7) is 4.98. The molecular formula is C20H27F3O4. The molecule has 27 heavy (non-hydrogen) atoms. The summed E-state index contributed by atoms with van der Waals surface area (Å²) in [5, 5.41) is 0. The second-order valence-corrected chi connectivity index (χ2v) is 6.42. The molecule has 1 aromatic carbocycles. The Morgan fingerprint density at radius 1 is 0.852 bits per heavy atom. The van der Waals surface area contributed by atoms with E-state index in [0.29, 0.717) is 18.6 Å². The number of rotatable bonds is 11. The van der Waals surface area contributed by atoms with Gasteiger partial charge < -0.3 is 9.47 Å². The van der Waals surface area contributed by atoms with Crippen LogP contribution in [0.4, 0.5) is 13.2 Å². The fourth-order valence-electron chi connectivity index (χ4n) is 2.70. The van der Waals surface area contributed by atoms with E-state index in [0.717, 1.165) is 19.3 Å². The quantitative estimate of drug-likeness (QED) is 0.230. The Balaban J connectivity index is 2.76. The van der Waals surface area contributed by atoms with E-state index in [4.69, 9.17) is 9.47 Å². The maximum atomic E-state index is 13.7. The highest BCUT2D eigenvalue weighted by atomic mass is 19.2. The molecule has 4 nitrogen and oxygen atoms in total. The van der Waals surface area contributed by atoms with E-state index >= 15 is 0 Å². The molecule has 0 saturated heterocycles. The molecule has 0 heterocycles. The third kappa shape index (κ3) is 5.97. The zero-order valence-corrected chi connectivity index (χ0v) is 16.1. The third-order valence-electron chi connectivity index (χ3n) is 4.67. The highest BCUT2D eigenvalue weighted by Gasteiger charge is 2.46. The Hall–Kier alpha value is -2.05. The monoisotopic (exact) mass is 388 g/mol. The van der Waals surface area contributed by atoms with Crippen molar-refractivity contribution in [3.63, 3.8) is 0 Å². The van der Waals surface area contributed by atoms with Crippen molar-refractivity contribution < 1.29 is 32.2 Å². The minimum absolute atomic E-state index is 0.149. The van der Waals surface area contributed by atoms with Crippen LogP contribution in [0.15, 0.2) is 12.1 Å². The first-order chi connectivity index (χ1) is 12.8. The van der Waals surface area contributed by atoms with Crippen LogP contribution in [0.25, 0.3) is 0 Å². The van der Waals surface area contributed by atoms with Crippen molar-refractivity contribution in [1.82, 2.24) is 0 Å². The van der Waals surface area contributed by atoms with Crippen molar-refractivity contribution in [1.29, 1.82) is 0 Å². The molecule has 0 radical (unpaired) electrons. The van der Waals surface area contributed by atoms with Gasteiger partial charge in [-0.1, -0.05) is 40.0 Å². The second-order valence-electron chi connectivity index (χ2n) is 6.42. The molecule has 0 amide bonds. The summed E-state index contributed by atoms with van der Waals surface area (Å²) < 4.78 is 50.2. The van der Waals surface area contributed by atoms with Gasteiger partial charge in [-0.15, -0.1) is 0 Å². The highest BCUT2D eigenvalue weighted by molar-refractivity contribution is 5.99. The molecule has 0 spiro atoms. The molecule has 152 valence electrons. The molecule has 0 fully saturated rings. The SMILES string of the molecule is CCCCCCOC(=O)C(CC)(CC)C(=O)OCc1cc(F)c(F)cc1F. The summed E-state index contributed by atoms with van der Waals surface area (Å²) in [7, 11) is 0. The molecule has 0 N–H and O–H groups in total. The van der Waals surface area contributed by atoms with Gasteiger partial charge >= 0.3 is 11.9 Å². The van der Waals surface area contributed by atoms with Crippen molar-refractivity contribution in [2.45, 2.75) is 65.9 Å². The lowest BCUT2D eigenvalue weighted by molar-refractivity contribution is -0.174. The predicted molar refractivity (Wildman–Crippen MR) is 94.2 cm³/mol. The van der Waals surface area contributed by atoms with Crippen molar-refractivity contribution >= 4 is 11.9 Å². The number of unbranched alkanes of at least 4 members (excludes halogenated alkanes) is 3. The van der Waals surface area contributed by atoms with Crippen LogP contribution in [0.3, 0.4) is 0 Å². The van der Waals surface area contributed by atoms with E-state index in [1.165, 1.54) is 0 Å². The molecule has 0 aromatic heterocycles. The van der Waals surface area contributed by atoms with Gasteiger partial charge in [0.15, 0.2) is 17.0 Å². The Morgan fingerprint density at radius 2 is 1.44 bits per heavy atom. The average Bonchev–Trinajstić information content (AvgIpc) is 2.64. The maximum Gasteiger partial charge on any atom is 0.323 e. The van der Waals surface area contributed by atoms with Gasteiger partial charge in [0.25, 0.3) is 0 Å². The second kappa shape index (κ2) is 10.9. The Labute approximate surface area is 158 Å². The molecular weight excluding hydrogens is 361 g/mol. The van der Waals surface area contributed by atoms with Crippen LogP contribution in [0, 0.1) is 22.9 Å². The molecule has 0 unspecified atom stereocenters. The van der Waals surface area contributed by atoms with E-state index in [1.807, 2.05) is 0 Å². The molecule has 0 bridgehead atoms. The zero-order valence-electron chi connectivity index (χ0n) is 16.1. The first-order valence-electron chi connectivity index (χ1n) is 9.30. The van der Waals surface area contributed by atoms with Gasteiger partial charge in [-0.2, -0.15) is 0 Å². The van der Waals surface area contributed by atoms with Gasteiger partial charge in [0.1, 0.15) is 12.4 Å². The van der Waals surface area contributed by atoms with Gasteiger partial charge in [0.05, 0.1) is 6.61 Å². The van der Waals surface area contributed by atoms with Crippen LogP contribution in [0.2, 0.25) is 0 Å². The van der Waals surface area contributed by atoms with Crippen LogP contribution in [-0.2, 0) is 25.7 Å². The molecule has 0 atom stereocenters. The topological polar surface area (TPSA) is 52.6 Å². The largest absolute Gasteiger partial charge is 0.465 e. The van der Waals surface area contributed by atoms with Crippen molar-refractivity contribution in [3.05, 3.63) is 35.1 Å². The van der Waals surface area contributed by atoms with Crippen LogP contribution >= 0.6 is 0 Å². The van der Waals surface area contributed by atoms with Gasteiger partial charge in [0, 0.05) is 11.6 Å². The van der Waals surface area contributed by atoms with Crippen LogP contribution in [0.5, 0.6) is 0 Å². The summed E-state index contributed by atoms with van der Waals surface area (Å²) in [6.07, 6.45) is 4.01. The number of esters is 2. The first-order valence-corrected chi connectivity index (χ1v) is 9.30. The van der Waals surface area contributed by atoms with Crippen molar-refractivity contribution in [2.75, 3.05) is 6.61 Å².